The summed E-state index contributed by atoms with van der Waals surface area (Å²) in [5.74, 6) is 0.679. The molecule has 4 heterocycles. The lowest BCUT2D eigenvalue weighted by Crippen LogP contribution is -2.44. The van der Waals surface area contributed by atoms with Gasteiger partial charge < -0.3 is 14.4 Å². The molecule has 5 heteroatoms. The maximum atomic E-state index is 6.34. The molecule has 0 saturated carbocycles. The largest absolute Gasteiger partial charge is 0.377 e. The Kier molecular flexibility index (Phi) is 5.02. The molecule has 3 aliphatic rings. The number of nitrogens with zero attached hydrogens (tertiary/aromatic N) is 2. The summed E-state index contributed by atoms with van der Waals surface area (Å²) in [4.78, 5) is 5.14. The van der Waals surface area contributed by atoms with Crippen LogP contribution in [-0.2, 0) is 16.0 Å². The van der Waals surface area contributed by atoms with E-state index in [4.69, 9.17) is 9.47 Å². The summed E-state index contributed by atoms with van der Waals surface area (Å²) in [7, 11) is 0. The average Bonchev–Trinajstić information content (AvgIpc) is 3.25. The van der Waals surface area contributed by atoms with Gasteiger partial charge in [-0.1, -0.05) is 0 Å². The van der Waals surface area contributed by atoms with Crippen molar-refractivity contribution >= 4 is 11.3 Å². The molecule has 2 unspecified atom stereocenters. The molecule has 0 bridgehead atoms. The predicted molar refractivity (Wildman–Crippen MR) is 92.9 cm³/mol. The van der Waals surface area contributed by atoms with Crippen molar-refractivity contribution < 1.29 is 9.47 Å². The van der Waals surface area contributed by atoms with Crippen LogP contribution in [0.3, 0.4) is 0 Å². The zero-order chi connectivity index (χ0) is 15.5. The van der Waals surface area contributed by atoms with Crippen molar-refractivity contribution in [2.45, 2.75) is 31.4 Å². The monoisotopic (exact) mass is 336 g/mol. The van der Waals surface area contributed by atoms with E-state index in [9.17, 15) is 0 Å². The Morgan fingerprint density at radius 1 is 1.22 bits per heavy atom. The van der Waals surface area contributed by atoms with E-state index in [1.807, 2.05) is 0 Å². The first kappa shape index (κ1) is 16.0. The first-order chi connectivity index (χ1) is 11.3. The minimum absolute atomic E-state index is 0.0725. The molecule has 4 nitrogen and oxygen atoms in total. The Morgan fingerprint density at radius 3 is 2.96 bits per heavy atom. The lowest BCUT2D eigenvalue weighted by atomic mass is 9.94. The van der Waals surface area contributed by atoms with Gasteiger partial charge in [-0.15, -0.1) is 0 Å². The molecule has 23 heavy (non-hydrogen) atoms. The number of thiophene rings is 1. The molecule has 1 aromatic rings. The van der Waals surface area contributed by atoms with Crippen LogP contribution in [0, 0.1) is 5.92 Å². The second kappa shape index (κ2) is 7.19. The van der Waals surface area contributed by atoms with Crippen molar-refractivity contribution in [2.24, 2.45) is 5.92 Å². The second-order valence-corrected chi connectivity index (χ2v) is 8.25. The van der Waals surface area contributed by atoms with Crippen LogP contribution >= 0.6 is 11.3 Å². The first-order valence-electron chi connectivity index (χ1n) is 8.99. The molecule has 3 saturated heterocycles. The summed E-state index contributed by atoms with van der Waals surface area (Å²) < 4.78 is 12.3. The predicted octanol–water partition coefficient (Wildman–Crippen LogP) is 2.45. The molecule has 0 N–H and O–H groups in total. The van der Waals surface area contributed by atoms with Crippen LogP contribution in [0.2, 0.25) is 0 Å². The maximum absolute atomic E-state index is 6.34. The number of likely N-dealkylation sites (tertiary alicyclic amines) is 1. The topological polar surface area (TPSA) is 24.9 Å². The van der Waals surface area contributed by atoms with Crippen LogP contribution < -0.4 is 0 Å². The van der Waals surface area contributed by atoms with E-state index in [1.54, 1.807) is 11.3 Å². The summed E-state index contributed by atoms with van der Waals surface area (Å²) in [5, 5.41) is 4.42. The summed E-state index contributed by atoms with van der Waals surface area (Å²) >= 11 is 1.78. The molecular formula is C18H28N2O2S. The SMILES string of the molecule is c1cc(CN2CCOCC3(CC(CN4CCCC4)CO3)C2)cs1. The summed E-state index contributed by atoms with van der Waals surface area (Å²) in [6, 6.07) is 2.23. The van der Waals surface area contributed by atoms with Crippen LogP contribution in [0.4, 0.5) is 0 Å². The molecule has 4 rings (SSSR count). The molecule has 0 amide bonds. The maximum Gasteiger partial charge on any atom is 0.104 e. The van der Waals surface area contributed by atoms with Crippen LogP contribution in [0.25, 0.3) is 0 Å². The molecular weight excluding hydrogens is 308 g/mol. The van der Waals surface area contributed by atoms with Crippen LogP contribution in [-0.4, -0.2) is 67.9 Å². The van der Waals surface area contributed by atoms with Crippen molar-refractivity contribution in [1.82, 2.24) is 9.80 Å². The van der Waals surface area contributed by atoms with Crippen molar-refractivity contribution in [3.63, 3.8) is 0 Å². The third-order valence-corrected chi connectivity index (χ3v) is 6.15. The van der Waals surface area contributed by atoms with E-state index in [-0.39, 0.29) is 5.60 Å². The minimum Gasteiger partial charge on any atom is -0.377 e. The molecule has 0 aromatic carbocycles. The van der Waals surface area contributed by atoms with E-state index in [1.165, 1.54) is 38.0 Å². The first-order valence-corrected chi connectivity index (χ1v) is 9.93. The van der Waals surface area contributed by atoms with E-state index >= 15 is 0 Å². The highest BCUT2D eigenvalue weighted by Gasteiger charge is 2.43. The van der Waals surface area contributed by atoms with Crippen molar-refractivity contribution in [3.8, 4) is 0 Å². The van der Waals surface area contributed by atoms with Gasteiger partial charge in [0.2, 0.25) is 0 Å². The normalized spacial score (nSPS) is 33.5. The summed E-state index contributed by atoms with van der Waals surface area (Å²) in [5.41, 5.74) is 1.34. The molecule has 2 atom stereocenters. The van der Waals surface area contributed by atoms with Gasteiger partial charge in [0, 0.05) is 26.2 Å². The van der Waals surface area contributed by atoms with Gasteiger partial charge >= 0.3 is 0 Å². The highest BCUT2D eigenvalue weighted by Crippen LogP contribution is 2.34. The Balaban J connectivity index is 1.36. The fourth-order valence-electron chi connectivity index (χ4n) is 4.36. The smallest absolute Gasteiger partial charge is 0.104 e. The Hall–Kier alpha value is -0.460. The fraction of sp³-hybridized carbons (Fsp3) is 0.778. The van der Waals surface area contributed by atoms with Gasteiger partial charge in [-0.3, -0.25) is 4.90 Å². The van der Waals surface area contributed by atoms with Gasteiger partial charge in [0.1, 0.15) is 5.60 Å². The molecule has 1 aromatic heterocycles. The van der Waals surface area contributed by atoms with Gasteiger partial charge in [0.15, 0.2) is 0 Å². The standard InChI is InChI=1S/C18H28N2O2S/c1-2-5-19(4-1)11-17-9-18(22-12-17)14-20(6-7-21-15-18)10-16-3-8-23-13-16/h3,8,13,17H,1-2,4-7,9-12,14-15H2. The molecule has 3 fully saturated rings. The number of hydrogen-bond acceptors (Lipinski definition) is 5. The van der Waals surface area contributed by atoms with Crippen molar-refractivity contribution in [2.75, 3.05) is 52.5 Å². The quantitative estimate of drug-likeness (QED) is 0.843. The lowest BCUT2D eigenvalue weighted by molar-refractivity contribution is -0.0563. The molecule has 3 aliphatic heterocycles. The molecule has 1 spiro atoms. The average molecular weight is 337 g/mol. The highest BCUT2D eigenvalue weighted by molar-refractivity contribution is 7.07. The third-order valence-electron chi connectivity index (χ3n) is 5.42. The minimum atomic E-state index is -0.0725. The van der Waals surface area contributed by atoms with Crippen LogP contribution in [0.5, 0.6) is 0 Å². The summed E-state index contributed by atoms with van der Waals surface area (Å²) in [6.45, 7) is 9.33. The van der Waals surface area contributed by atoms with Crippen LogP contribution in [0.15, 0.2) is 16.8 Å². The van der Waals surface area contributed by atoms with E-state index in [0.29, 0.717) is 5.92 Å². The molecule has 0 radical (unpaired) electrons. The van der Waals surface area contributed by atoms with Gasteiger partial charge in [0.25, 0.3) is 0 Å². The van der Waals surface area contributed by atoms with E-state index in [2.05, 4.69) is 26.6 Å². The van der Waals surface area contributed by atoms with Gasteiger partial charge in [-0.05, 0) is 60.7 Å². The summed E-state index contributed by atoms with van der Waals surface area (Å²) in [6.07, 6.45) is 3.90. The molecule has 128 valence electrons. The fourth-order valence-corrected chi connectivity index (χ4v) is 5.02. The number of rotatable bonds is 4. The third kappa shape index (κ3) is 3.97. The van der Waals surface area contributed by atoms with E-state index < -0.39 is 0 Å². The van der Waals surface area contributed by atoms with Crippen molar-refractivity contribution in [3.05, 3.63) is 22.4 Å². The van der Waals surface area contributed by atoms with Crippen molar-refractivity contribution in [1.29, 1.82) is 0 Å². The Morgan fingerprint density at radius 2 is 2.13 bits per heavy atom. The van der Waals surface area contributed by atoms with E-state index in [0.717, 1.165) is 45.9 Å². The van der Waals surface area contributed by atoms with Crippen LogP contribution in [0.1, 0.15) is 24.8 Å². The lowest BCUT2D eigenvalue weighted by Gasteiger charge is -2.31. The van der Waals surface area contributed by atoms with Gasteiger partial charge in [0.05, 0.1) is 19.8 Å². The number of hydrogen-bond donors (Lipinski definition) is 0. The highest BCUT2D eigenvalue weighted by atomic mass is 32.1. The Bertz CT molecular complexity index is 489. The zero-order valence-corrected chi connectivity index (χ0v) is 14.7. The Labute approximate surface area is 143 Å². The van der Waals surface area contributed by atoms with Gasteiger partial charge in [-0.2, -0.15) is 11.3 Å². The number of ether oxygens (including phenoxy) is 2. The second-order valence-electron chi connectivity index (χ2n) is 7.47. The van der Waals surface area contributed by atoms with Gasteiger partial charge in [-0.25, -0.2) is 0 Å². The zero-order valence-electron chi connectivity index (χ0n) is 13.9. The molecule has 0 aliphatic carbocycles.